The fourth-order valence-electron chi connectivity index (χ4n) is 5.42. The molecule has 1 aliphatic rings. The molecule has 46 heavy (non-hydrogen) atoms. The number of carbonyl (C=O) groups excluding carboxylic acids is 1. The zero-order valence-corrected chi connectivity index (χ0v) is 26.1. The van der Waals surface area contributed by atoms with Crippen LogP contribution in [0.5, 0.6) is 23.0 Å². The average molecular weight is 623 g/mol. The number of hydrogen-bond acceptors (Lipinski definition) is 11. The molecule has 0 saturated carbocycles. The second kappa shape index (κ2) is 13.6. The molecule has 0 atom stereocenters. The molecule has 3 aromatic carbocycles. The van der Waals surface area contributed by atoms with Crippen LogP contribution in [-0.2, 0) is 19.4 Å². The maximum Gasteiger partial charge on any atom is 0.275 e. The van der Waals surface area contributed by atoms with Gasteiger partial charge < -0.3 is 24.3 Å². The Labute approximate surface area is 266 Å². The highest BCUT2D eigenvalue weighted by atomic mass is 16.5. The van der Waals surface area contributed by atoms with E-state index < -0.39 is 5.91 Å². The first-order valence-corrected chi connectivity index (χ1v) is 14.7. The third-order valence-electron chi connectivity index (χ3n) is 7.90. The molecule has 0 saturated heterocycles. The maximum absolute atomic E-state index is 12.9. The molecule has 1 N–H and O–H groups in total. The van der Waals surface area contributed by atoms with Crippen LogP contribution in [0.25, 0.3) is 17.1 Å². The number of nitrogens with zero attached hydrogens (tertiary/aromatic N) is 7. The van der Waals surface area contributed by atoms with Crippen molar-refractivity contribution in [3.63, 3.8) is 0 Å². The zero-order valence-electron chi connectivity index (χ0n) is 26.1. The lowest BCUT2D eigenvalue weighted by Crippen LogP contribution is -2.32. The molecule has 0 unspecified atom stereocenters. The smallest absolute Gasteiger partial charge is 0.275 e. The fourth-order valence-corrected chi connectivity index (χ4v) is 5.42. The standard InChI is InChI=1S/C33H34N8O5/c1-43-28-15-22-10-14-40(20-23(22)16-29(28)44-2)13-9-21-5-7-24(8-6-21)41-38-32(37-39-41)25-17-30(45-3)31(46-4)18-26(25)36-33(42)27-19-34-11-12-35-27/h5-8,11-12,15-19H,9-10,13-14,20H2,1-4H3,(H,36,42). The summed E-state index contributed by atoms with van der Waals surface area (Å²) in [6, 6.07) is 15.6. The van der Waals surface area contributed by atoms with E-state index in [-0.39, 0.29) is 5.69 Å². The van der Waals surface area contributed by atoms with E-state index in [0.29, 0.717) is 28.6 Å². The summed E-state index contributed by atoms with van der Waals surface area (Å²) < 4.78 is 21.9. The largest absolute Gasteiger partial charge is 0.493 e. The first-order chi connectivity index (χ1) is 22.5. The fraction of sp³-hybridized carbons (Fsp3) is 0.273. The maximum atomic E-state index is 12.9. The SMILES string of the molecule is COc1cc2c(cc1OC)CN(CCc1ccc(-n3nnc(-c4cc(OC)c(OC)cc4NC(=O)c4cnccn4)n3)cc1)CC2. The highest BCUT2D eigenvalue weighted by molar-refractivity contribution is 6.05. The summed E-state index contributed by atoms with van der Waals surface area (Å²) in [5.41, 5.74) is 5.60. The summed E-state index contributed by atoms with van der Waals surface area (Å²) >= 11 is 0. The molecule has 1 aliphatic heterocycles. The number of aromatic nitrogens is 6. The van der Waals surface area contributed by atoms with E-state index in [1.54, 1.807) is 26.4 Å². The Balaban J connectivity index is 1.15. The number of fused-ring (bicyclic) bond motifs is 1. The van der Waals surface area contributed by atoms with Gasteiger partial charge in [0.25, 0.3) is 5.91 Å². The lowest BCUT2D eigenvalue weighted by molar-refractivity contribution is 0.102. The van der Waals surface area contributed by atoms with Crippen molar-refractivity contribution in [3.8, 4) is 40.1 Å². The number of methoxy groups -OCH3 is 4. The third-order valence-corrected chi connectivity index (χ3v) is 7.90. The Morgan fingerprint density at radius 3 is 2.26 bits per heavy atom. The van der Waals surface area contributed by atoms with Crippen molar-refractivity contribution in [2.24, 2.45) is 0 Å². The average Bonchev–Trinajstić information content (AvgIpc) is 3.60. The Bertz CT molecular complexity index is 1830. The summed E-state index contributed by atoms with van der Waals surface area (Å²) in [5, 5.41) is 16.0. The van der Waals surface area contributed by atoms with Crippen LogP contribution in [0.1, 0.15) is 27.2 Å². The molecule has 0 spiro atoms. The van der Waals surface area contributed by atoms with E-state index >= 15 is 0 Å². The number of ether oxygens (including phenoxy) is 4. The summed E-state index contributed by atoms with van der Waals surface area (Å²) in [5.74, 6) is 2.26. The van der Waals surface area contributed by atoms with Gasteiger partial charge in [-0.3, -0.25) is 14.7 Å². The minimum atomic E-state index is -0.446. The summed E-state index contributed by atoms with van der Waals surface area (Å²) in [7, 11) is 6.39. The molecule has 13 heteroatoms. The molecule has 0 bridgehead atoms. The first-order valence-electron chi connectivity index (χ1n) is 14.7. The van der Waals surface area contributed by atoms with E-state index in [9.17, 15) is 4.79 Å². The van der Waals surface area contributed by atoms with Gasteiger partial charge in [-0.1, -0.05) is 12.1 Å². The highest BCUT2D eigenvalue weighted by Gasteiger charge is 2.21. The van der Waals surface area contributed by atoms with Crippen LogP contribution in [0.15, 0.2) is 67.1 Å². The van der Waals surface area contributed by atoms with Crippen molar-refractivity contribution in [2.75, 3.05) is 46.8 Å². The molecule has 13 nitrogen and oxygen atoms in total. The Kier molecular flexibility index (Phi) is 9.01. The number of benzene rings is 3. The van der Waals surface area contributed by atoms with E-state index in [4.69, 9.17) is 18.9 Å². The van der Waals surface area contributed by atoms with Gasteiger partial charge in [-0.05, 0) is 65.1 Å². The number of rotatable bonds is 11. The molecule has 0 aliphatic carbocycles. The van der Waals surface area contributed by atoms with Crippen LogP contribution >= 0.6 is 0 Å². The molecule has 6 rings (SSSR count). The van der Waals surface area contributed by atoms with Gasteiger partial charge in [0.15, 0.2) is 23.0 Å². The van der Waals surface area contributed by atoms with Crippen LogP contribution in [0, 0.1) is 0 Å². The van der Waals surface area contributed by atoms with Crippen molar-refractivity contribution in [1.29, 1.82) is 0 Å². The molecule has 2 aromatic heterocycles. The van der Waals surface area contributed by atoms with E-state index in [1.165, 1.54) is 54.3 Å². The van der Waals surface area contributed by atoms with Gasteiger partial charge in [-0.2, -0.15) is 0 Å². The summed E-state index contributed by atoms with van der Waals surface area (Å²) in [4.78, 5) is 24.9. The number of tetrazole rings is 1. The number of anilines is 1. The van der Waals surface area contributed by atoms with Crippen molar-refractivity contribution >= 4 is 11.6 Å². The van der Waals surface area contributed by atoms with Gasteiger partial charge in [0.2, 0.25) is 5.82 Å². The zero-order chi connectivity index (χ0) is 32.0. The second-order valence-corrected chi connectivity index (χ2v) is 10.6. The van der Waals surface area contributed by atoms with E-state index in [0.717, 1.165) is 49.7 Å². The van der Waals surface area contributed by atoms with E-state index in [2.05, 4.69) is 59.9 Å². The van der Waals surface area contributed by atoms with Crippen molar-refractivity contribution in [1.82, 2.24) is 35.1 Å². The minimum Gasteiger partial charge on any atom is -0.493 e. The van der Waals surface area contributed by atoms with Crippen molar-refractivity contribution in [2.45, 2.75) is 19.4 Å². The lowest BCUT2D eigenvalue weighted by Gasteiger charge is -2.29. The molecule has 3 heterocycles. The number of carbonyl (C=O) groups is 1. The normalized spacial score (nSPS) is 12.7. The second-order valence-electron chi connectivity index (χ2n) is 10.6. The quantitative estimate of drug-likeness (QED) is 0.229. The third kappa shape index (κ3) is 6.44. The van der Waals surface area contributed by atoms with Crippen LogP contribution in [0.4, 0.5) is 5.69 Å². The van der Waals surface area contributed by atoms with Crippen molar-refractivity contribution < 1.29 is 23.7 Å². The number of amides is 1. The Morgan fingerprint density at radius 1 is 0.870 bits per heavy atom. The van der Waals surface area contributed by atoms with Gasteiger partial charge in [0.05, 0.1) is 51.6 Å². The van der Waals surface area contributed by atoms with Gasteiger partial charge in [-0.15, -0.1) is 15.0 Å². The highest BCUT2D eigenvalue weighted by Crippen LogP contribution is 2.38. The van der Waals surface area contributed by atoms with E-state index in [1.807, 2.05) is 12.1 Å². The first kappa shape index (κ1) is 30.5. The van der Waals surface area contributed by atoms with Gasteiger partial charge in [0.1, 0.15) is 5.69 Å². The Morgan fingerprint density at radius 2 is 1.57 bits per heavy atom. The topological polar surface area (TPSA) is 139 Å². The minimum absolute atomic E-state index is 0.158. The molecular weight excluding hydrogens is 588 g/mol. The van der Waals surface area contributed by atoms with Gasteiger partial charge >= 0.3 is 0 Å². The molecular formula is C33H34N8O5. The molecule has 236 valence electrons. The molecule has 1 amide bonds. The molecule has 5 aromatic rings. The predicted octanol–water partition coefficient (Wildman–Crippen LogP) is 4.01. The van der Waals surface area contributed by atoms with Crippen LogP contribution in [0.2, 0.25) is 0 Å². The number of hydrogen-bond donors (Lipinski definition) is 1. The van der Waals surface area contributed by atoms with Gasteiger partial charge in [0, 0.05) is 38.1 Å². The summed E-state index contributed by atoms with van der Waals surface area (Å²) in [6.45, 7) is 2.79. The monoisotopic (exact) mass is 622 g/mol. The van der Waals surface area contributed by atoms with Crippen LogP contribution in [0.3, 0.4) is 0 Å². The Hall–Kier alpha value is -5.56. The molecule has 0 radical (unpaired) electrons. The number of nitrogens with one attached hydrogen (secondary N) is 1. The lowest BCUT2D eigenvalue weighted by atomic mass is 9.98. The summed E-state index contributed by atoms with van der Waals surface area (Å²) in [6.07, 6.45) is 6.21. The van der Waals surface area contributed by atoms with Crippen LogP contribution < -0.4 is 24.3 Å². The van der Waals surface area contributed by atoms with Crippen molar-refractivity contribution in [3.05, 3.63) is 89.5 Å². The van der Waals surface area contributed by atoms with Gasteiger partial charge in [-0.25, -0.2) is 4.98 Å². The van der Waals surface area contributed by atoms with Crippen LogP contribution in [-0.4, -0.2) is 82.5 Å². The predicted molar refractivity (Wildman–Crippen MR) is 170 cm³/mol. The molecule has 0 fully saturated rings.